The molecule has 2 heterocycles. The predicted octanol–water partition coefficient (Wildman–Crippen LogP) is 5.05. The van der Waals surface area contributed by atoms with Crippen molar-refractivity contribution in [2.75, 3.05) is 36.9 Å². The summed E-state index contributed by atoms with van der Waals surface area (Å²) < 4.78 is 10.7. The number of anilines is 2. The first-order valence-corrected chi connectivity index (χ1v) is 12.4. The Morgan fingerprint density at radius 1 is 1.05 bits per heavy atom. The number of morpholine rings is 1. The summed E-state index contributed by atoms with van der Waals surface area (Å²) in [5.74, 6) is -0.343. The summed E-state index contributed by atoms with van der Waals surface area (Å²) in [6.07, 6.45) is 1.18. The second-order valence-electron chi connectivity index (χ2n) is 9.94. The van der Waals surface area contributed by atoms with E-state index in [9.17, 15) is 14.9 Å². The normalized spacial score (nSPS) is 13.8. The number of hydrogen-bond donors (Lipinski definition) is 2. The second kappa shape index (κ2) is 11.9. The van der Waals surface area contributed by atoms with Crippen molar-refractivity contribution in [1.29, 1.82) is 5.26 Å². The van der Waals surface area contributed by atoms with E-state index in [0.29, 0.717) is 48.0 Å². The van der Waals surface area contributed by atoms with Crippen molar-refractivity contribution < 1.29 is 19.1 Å². The highest BCUT2D eigenvalue weighted by atomic mass is 16.6. The number of pyridine rings is 1. The number of ether oxygens (including phenoxy) is 2. The van der Waals surface area contributed by atoms with Gasteiger partial charge in [-0.3, -0.25) is 20.0 Å². The maximum Gasteiger partial charge on any atom is 0.412 e. The number of benzene rings is 2. The van der Waals surface area contributed by atoms with E-state index in [4.69, 9.17) is 9.47 Å². The van der Waals surface area contributed by atoms with E-state index in [1.807, 2.05) is 6.07 Å². The van der Waals surface area contributed by atoms with Gasteiger partial charge < -0.3 is 14.8 Å². The molecule has 4 rings (SSSR count). The number of nitrogens with zero attached hydrogens (tertiary/aromatic N) is 3. The Morgan fingerprint density at radius 3 is 2.34 bits per heavy atom. The third-order valence-corrected chi connectivity index (χ3v) is 5.81. The molecule has 2 aromatic carbocycles. The Balaban J connectivity index is 1.45. The maximum absolute atomic E-state index is 12.9. The molecule has 0 saturated carbocycles. The molecule has 1 aromatic heterocycles. The monoisotopic (exact) mass is 513 g/mol. The van der Waals surface area contributed by atoms with Gasteiger partial charge in [-0.25, -0.2) is 4.79 Å². The van der Waals surface area contributed by atoms with Gasteiger partial charge in [-0.15, -0.1) is 0 Å². The third-order valence-electron chi connectivity index (χ3n) is 5.81. The fourth-order valence-electron chi connectivity index (χ4n) is 4.02. The predicted molar refractivity (Wildman–Crippen MR) is 145 cm³/mol. The van der Waals surface area contributed by atoms with E-state index < -0.39 is 11.7 Å². The first-order valence-electron chi connectivity index (χ1n) is 12.4. The summed E-state index contributed by atoms with van der Waals surface area (Å²) >= 11 is 0. The zero-order valence-electron chi connectivity index (χ0n) is 21.8. The quantitative estimate of drug-likeness (QED) is 0.474. The van der Waals surface area contributed by atoms with Crippen molar-refractivity contribution in [2.45, 2.75) is 32.9 Å². The highest BCUT2D eigenvalue weighted by Crippen LogP contribution is 2.25. The van der Waals surface area contributed by atoms with Gasteiger partial charge >= 0.3 is 6.09 Å². The maximum atomic E-state index is 12.9. The van der Waals surface area contributed by atoms with Crippen LogP contribution in [0.15, 0.2) is 60.8 Å². The number of aromatic nitrogens is 1. The standard InChI is InChI=1S/C29H31N5O4/c1-29(2,3)38-28(36)33-25-7-5-4-6-24(25)32-27(35)22-10-8-21(9-11-22)26-23(17-30)16-20(18-31-26)19-34-12-14-37-15-13-34/h4-11,16,18H,12-15,19H2,1-3H3,(H,32,35)(H,33,36). The number of nitriles is 1. The molecular formula is C29H31N5O4. The molecule has 0 radical (unpaired) electrons. The van der Waals surface area contributed by atoms with Crippen LogP contribution < -0.4 is 10.6 Å². The van der Waals surface area contributed by atoms with Crippen LogP contribution in [0.2, 0.25) is 0 Å². The summed E-state index contributed by atoms with van der Waals surface area (Å²) in [7, 11) is 0. The molecule has 1 aliphatic heterocycles. The van der Waals surface area contributed by atoms with Gasteiger partial charge in [-0.1, -0.05) is 24.3 Å². The van der Waals surface area contributed by atoms with Crippen LogP contribution in [0.1, 0.15) is 42.3 Å². The summed E-state index contributed by atoms with van der Waals surface area (Å²) in [5.41, 5.74) is 3.40. The Hall–Kier alpha value is -4.26. The van der Waals surface area contributed by atoms with Gasteiger partial charge in [0.15, 0.2) is 0 Å². The minimum atomic E-state index is -0.645. The molecular weight excluding hydrogens is 482 g/mol. The zero-order chi connectivity index (χ0) is 27.1. The Bertz CT molecular complexity index is 1340. The van der Waals surface area contributed by atoms with E-state index in [-0.39, 0.29) is 5.91 Å². The van der Waals surface area contributed by atoms with Gasteiger partial charge in [0.25, 0.3) is 5.91 Å². The molecule has 0 unspecified atom stereocenters. The lowest BCUT2D eigenvalue weighted by molar-refractivity contribution is 0.0341. The molecule has 0 spiro atoms. The lowest BCUT2D eigenvalue weighted by Crippen LogP contribution is -2.35. The van der Waals surface area contributed by atoms with Crippen molar-refractivity contribution in [2.24, 2.45) is 0 Å². The Morgan fingerprint density at radius 2 is 1.71 bits per heavy atom. The number of amides is 2. The van der Waals surface area contributed by atoms with Gasteiger partial charge in [-0.2, -0.15) is 5.26 Å². The molecule has 196 valence electrons. The largest absolute Gasteiger partial charge is 0.444 e. The average Bonchev–Trinajstić information content (AvgIpc) is 2.89. The summed E-state index contributed by atoms with van der Waals surface area (Å²) in [6.45, 7) is 9.18. The molecule has 1 saturated heterocycles. The van der Waals surface area contributed by atoms with E-state index in [0.717, 1.165) is 24.2 Å². The van der Waals surface area contributed by atoms with Gasteiger partial charge in [-0.05, 0) is 56.7 Å². The molecule has 9 nitrogen and oxygen atoms in total. The third kappa shape index (κ3) is 7.16. The molecule has 9 heteroatoms. The minimum absolute atomic E-state index is 0.343. The summed E-state index contributed by atoms with van der Waals surface area (Å²) in [6, 6.07) is 17.9. The fourth-order valence-corrected chi connectivity index (χ4v) is 4.02. The molecule has 3 aromatic rings. The van der Waals surface area contributed by atoms with E-state index in [1.54, 1.807) is 75.5 Å². The topological polar surface area (TPSA) is 117 Å². The molecule has 0 aliphatic carbocycles. The highest BCUT2D eigenvalue weighted by Gasteiger charge is 2.18. The fraction of sp³-hybridized carbons (Fsp3) is 0.310. The van der Waals surface area contributed by atoms with Crippen LogP contribution >= 0.6 is 0 Å². The molecule has 38 heavy (non-hydrogen) atoms. The number of hydrogen-bond acceptors (Lipinski definition) is 7. The number of rotatable bonds is 6. The van der Waals surface area contributed by atoms with Crippen LogP contribution in [-0.4, -0.2) is 53.8 Å². The van der Waals surface area contributed by atoms with Crippen molar-refractivity contribution in [3.8, 4) is 17.3 Å². The molecule has 0 bridgehead atoms. The minimum Gasteiger partial charge on any atom is -0.444 e. The van der Waals surface area contributed by atoms with Crippen molar-refractivity contribution in [1.82, 2.24) is 9.88 Å². The Kier molecular flexibility index (Phi) is 8.36. The highest BCUT2D eigenvalue weighted by molar-refractivity contribution is 6.07. The molecule has 1 fully saturated rings. The van der Waals surface area contributed by atoms with Crippen LogP contribution in [0.5, 0.6) is 0 Å². The number of carbonyl (C=O) groups excluding carboxylic acids is 2. The van der Waals surface area contributed by atoms with Gasteiger partial charge in [0.2, 0.25) is 0 Å². The van der Waals surface area contributed by atoms with E-state index in [1.165, 1.54) is 0 Å². The lowest BCUT2D eigenvalue weighted by Gasteiger charge is -2.26. The first-order chi connectivity index (χ1) is 18.2. The molecule has 2 amide bonds. The van der Waals surface area contributed by atoms with Gasteiger partial charge in [0, 0.05) is 37.0 Å². The van der Waals surface area contributed by atoms with Crippen LogP contribution in [0, 0.1) is 11.3 Å². The molecule has 0 atom stereocenters. The zero-order valence-corrected chi connectivity index (χ0v) is 21.8. The van der Waals surface area contributed by atoms with Crippen LogP contribution in [0.25, 0.3) is 11.3 Å². The summed E-state index contributed by atoms with van der Waals surface area (Å²) in [4.78, 5) is 32.0. The lowest BCUT2D eigenvalue weighted by atomic mass is 10.0. The smallest absolute Gasteiger partial charge is 0.412 e. The van der Waals surface area contributed by atoms with Crippen LogP contribution in [0.4, 0.5) is 16.2 Å². The summed E-state index contributed by atoms with van der Waals surface area (Å²) in [5, 5.41) is 15.2. The van der Waals surface area contributed by atoms with Crippen LogP contribution in [0.3, 0.4) is 0 Å². The van der Waals surface area contributed by atoms with E-state index >= 15 is 0 Å². The van der Waals surface area contributed by atoms with Crippen LogP contribution in [-0.2, 0) is 16.0 Å². The number of para-hydroxylation sites is 2. The van der Waals surface area contributed by atoms with E-state index in [2.05, 4.69) is 26.6 Å². The van der Waals surface area contributed by atoms with Gasteiger partial charge in [0.1, 0.15) is 11.7 Å². The number of carbonyl (C=O) groups is 2. The first kappa shape index (κ1) is 26.8. The SMILES string of the molecule is CC(C)(C)OC(=O)Nc1ccccc1NC(=O)c1ccc(-c2ncc(CN3CCOCC3)cc2C#N)cc1. The second-order valence-corrected chi connectivity index (χ2v) is 9.94. The van der Waals surface area contributed by atoms with Gasteiger partial charge in [0.05, 0.1) is 35.8 Å². The van der Waals surface area contributed by atoms with Crippen molar-refractivity contribution in [3.05, 3.63) is 77.5 Å². The Labute approximate surface area is 222 Å². The molecule has 2 N–H and O–H groups in total. The van der Waals surface area contributed by atoms with Crippen molar-refractivity contribution >= 4 is 23.4 Å². The molecule has 1 aliphatic rings. The number of nitrogens with one attached hydrogen (secondary N) is 2. The van der Waals surface area contributed by atoms with Crippen molar-refractivity contribution in [3.63, 3.8) is 0 Å². The average molecular weight is 514 g/mol.